The molecule has 0 saturated carbocycles. The van der Waals surface area contributed by atoms with E-state index in [1.165, 1.54) is 14.2 Å². The van der Waals surface area contributed by atoms with Crippen LogP contribution in [-0.2, 0) is 4.74 Å². The maximum absolute atomic E-state index is 11.5. The molecule has 0 bridgehead atoms. The van der Waals surface area contributed by atoms with Crippen LogP contribution in [0.15, 0.2) is 18.2 Å². The largest absolute Gasteiger partial charge is 0.496 e. The van der Waals surface area contributed by atoms with Crippen molar-refractivity contribution >= 4 is 5.97 Å². The molecule has 0 aliphatic rings. The molecule has 1 rings (SSSR count). The molecule has 0 aliphatic heterocycles. The zero-order valence-corrected chi connectivity index (χ0v) is 9.15. The Bertz CT molecular complexity index is 418. The van der Waals surface area contributed by atoms with Gasteiger partial charge in [0.25, 0.3) is 0 Å². The Kier molecular flexibility index (Phi) is 4.22. The molecule has 0 spiro atoms. The molecule has 0 atom stereocenters. The van der Waals surface area contributed by atoms with Crippen LogP contribution in [0.4, 0.5) is 0 Å². The van der Waals surface area contributed by atoms with Crippen LogP contribution in [0.2, 0.25) is 0 Å². The summed E-state index contributed by atoms with van der Waals surface area (Å²) >= 11 is 0. The highest BCUT2D eigenvalue weighted by Crippen LogP contribution is 2.28. The number of benzene rings is 1. The molecule has 0 unspecified atom stereocenters. The minimum absolute atomic E-state index is 0.0805. The van der Waals surface area contributed by atoms with E-state index >= 15 is 0 Å². The Morgan fingerprint density at radius 3 is 2.62 bits per heavy atom. The van der Waals surface area contributed by atoms with Crippen molar-refractivity contribution in [3.63, 3.8) is 0 Å². The summed E-state index contributed by atoms with van der Waals surface area (Å²) in [6, 6.07) is 4.98. The van der Waals surface area contributed by atoms with Gasteiger partial charge in [-0.2, -0.15) is 0 Å². The Labute approximate surface area is 94.1 Å². The number of hydrogen-bond acceptors (Lipinski definition) is 4. The van der Waals surface area contributed by atoms with Crippen LogP contribution >= 0.6 is 0 Å². The second-order valence-electron chi connectivity index (χ2n) is 2.82. The highest BCUT2D eigenvalue weighted by molar-refractivity contribution is 5.95. The summed E-state index contributed by atoms with van der Waals surface area (Å²) in [6.45, 7) is 0.0805. The van der Waals surface area contributed by atoms with Crippen LogP contribution in [-0.4, -0.2) is 26.8 Å². The molecule has 1 aromatic carbocycles. The molecule has 16 heavy (non-hydrogen) atoms. The van der Waals surface area contributed by atoms with Crippen molar-refractivity contribution in [1.29, 1.82) is 0 Å². The Morgan fingerprint density at radius 2 is 2.06 bits per heavy atom. The summed E-state index contributed by atoms with van der Waals surface area (Å²) in [5, 5.41) is 0. The Hall–Kier alpha value is -2.15. The Morgan fingerprint density at radius 1 is 1.38 bits per heavy atom. The molecular weight excluding hydrogens is 208 g/mol. The van der Waals surface area contributed by atoms with Crippen molar-refractivity contribution in [2.45, 2.75) is 0 Å². The molecule has 84 valence electrons. The monoisotopic (exact) mass is 220 g/mol. The Balaban J connectivity index is 3.16. The van der Waals surface area contributed by atoms with Crippen LogP contribution in [0, 0.1) is 12.3 Å². The van der Waals surface area contributed by atoms with E-state index in [0.717, 1.165) is 0 Å². The number of ether oxygens (including phenoxy) is 3. The third-order valence-corrected chi connectivity index (χ3v) is 1.91. The van der Waals surface area contributed by atoms with Gasteiger partial charge in [0.15, 0.2) is 0 Å². The molecule has 0 aromatic heterocycles. The lowest BCUT2D eigenvalue weighted by molar-refractivity contribution is 0.0593. The lowest BCUT2D eigenvalue weighted by Gasteiger charge is -2.11. The molecule has 0 radical (unpaired) electrons. The van der Waals surface area contributed by atoms with Crippen molar-refractivity contribution in [3.05, 3.63) is 23.8 Å². The van der Waals surface area contributed by atoms with Crippen molar-refractivity contribution < 1.29 is 19.0 Å². The fourth-order valence-corrected chi connectivity index (χ4v) is 1.22. The number of rotatable bonds is 4. The SMILES string of the molecule is C#CCOc1cccc(OC)c1C(=O)OC. The maximum Gasteiger partial charge on any atom is 0.345 e. The normalized spacial score (nSPS) is 9.06. The molecule has 0 heterocycles. The van der Waals surface area contributed by atoms with Crippen LogP contribution in [0.25, 0.3) is 0 Å². The third kappa shape index (κ3) is 2.45. The second kappa shape index (κ2) is 5.66. The van der Waals surface area contributed by atoms with Gasteiger partial charge in [0.05, 0.1) is 14.2 Å². The molecule has 4 heteroatoms. The maximum atomic E-state index is 11.5. The number of carbonyl (C=O) groups is 1. The topological polar surface area (TPSA) is 44.8 Å². The van der Waals surface area contributed by atoms with Gasteiger partial charge in [-0.05, 0) is 12.1 Å². The van der Waals surface area contributed by atoms with Gasteiger partial charge in [0.1, 0.15) is 23.7 Å². The van der Waals surface area contributed by atoms with Crippen LogP contribution < -0.4 is 9.47 Å². The van der Waals surface area contributed by atoms with Crippen molar-refractivity contribution in [1.82, 2.24) is 0 Å². The van der Waals surface area contributed by atoms with Gasteiger partial charge in [0, 0.05) is 0 Å². The van der Waals surface area contributed by atoms with Gasteiger partial charge in [-0.1, -0.05) is 12.0 Å². The molecule has 4 nitrogen and oxygen atoms in total. The van der Waals surface area contributed by atoms with E-state index in [9.17, 15) is 4.79 Å². The van der Waals surface area contributed by atoms with Crippen LogP contribution in [0.5, 0.6) is 11.5 Å². The predicted octanol–water partition coefficient (Wildman–Crippen LogP) is 1.49. The zero-order chi connectivity index (χ0) is 12.0. The lowest BCUT2D eigenvalue weighted by atomic mass is 10.2. The molecule has 1 aromatic rings. The highest BCUT2D eigenvalue weighted by Gasteiger charge is 2.18. The molecule has 0 aliphatic carbocycles. The number of methoxy groups -OCH3 is 2. The molecule has 0 fully saturated rings. The first kappa shape index (κ1) is 11.9. The first-order valence-electron chi connectivity index (χ1n) is 4.56. The first-order chi connectivity index (χ1) is 7.74. The number of esters is 1. The fraction of sp³-hybridized carbons (Fsp3) is 0.250. The standard InChI is InChI=1S/C12H12O4/c1-4-8-16-10-7-5-6-9(14-2)11(10)12(13)15-3/h1,5-7H,8H2,2-3H3. The quantitative estimate of drug-likeness (QED) is 0.569. The van der Waals surface area contributed by atoms with Gasteiger partial charge < -0.3 is 14.2 Å². The van der Waals surface area contributed by atoms with Crippen molar-refractivity contribution in [3.8, 4) is 23.8 Å². The van der Waals surface area contributed by atoms with Crippen molar-refractivity contribution in [2.75, 3.05) is 20.8 Å². The third-order valence-electron chi connectivity index (χ3n) is 1.91. The summed E-state index contributed by atoms with van der Waals surface area (Å²) in [5.41, 5.74) is 0.239. The number of carbonyl (C=O) groups excluding carboxylic acids is 1. The van der Waals surface area contributed by atoms with E-state index in [-0.39, 0.29) is 12.2 Å². The average molecular weight is 220 g/mol. The molecule has 0 saturated heterocycles. The van der Waals surface area contributed by atoms with E-state index < -0.39 is 5.97 Å². The predicted molar refractivity (Wildman–Crippen MR) is 58.7 cm³/mol. The van der Waals surface area contributed by atoms with Gasteiger partial charge in [-0.25, -0.2) is 4.79 Å². The van der Waals surface area contributed by atoms with Gasteiger partial charge >= 0.3 is 5.97 Å². The first-order valence-corrected chi connectivity index (χ1v) is 4.56. The smallest absolute Gasteiger partial charge is 0.345 e. The van der Waals surface area contributed by atoms with Crippen LogP contribution in [0.1, 0.15) is 10.4 Å². The summed E-state index contributed by atoms with van der Waals surface area (Å²) in [7, 11) is 2.76. The summed E-state index contributed by atoms with van der Waals surface area (Å²) < 4.78 is 14.9. The van der Waals surface area contributed by atoms with Crippen LogP contribution in [0.3, 0.4) is 0 Å². The van der Waals surface area contributed by atoms with E-state index in [1.807, 2.05) is 0 Å². The fourth-order valence-electron chi connectivity index (χ4n) is 1.22. The number of hydrogen-bond donors (Lipinski definition) is 0. The zero-order valence-electron chi connectivity index (χ0n) is 9.15. The second-order valence-corrected chi connectivity index (χ2v) is 2.82. The summed E-state index contributed by atoms with van der Waals surface area (Å²) in [5.74, 6) is 2.54. The summed E-state index contributed by atoms with van der Waals surface area (Å²) in [6.07, 6.45) is 5.08. The molecule has 0 amide bonds. The van der Waals surface area contributed by atoms with E-state index in [1.54, 1.807) is 18.2 Å². The lowest BCUT2D eigenvalue weighted by Crippen LogP contribution is -2.08. The minimum Gasteiger partial charge on any atom is -0.496 e. The van der Waals surface area contributed by atoms with Gasteiger partial charge in [-0.15, -0.1) is 6.42 Å². The van der Waals surface area contributed by atoms with E-state index in [0.29, 0.717) is 11.5 Å². The van der Waals surface area contributed by atoms with Gasteiger partial charge in [0.2, 0.25) is 0 Å². The van der Waals surface area contributed by atoms with E-state index in [2.05, 4.69) is 10.7 Å². The average Bonchev–Trinajstić information content (AvgIpc) is 2.34. The molecular formula is C12H12O4. The number of terminal acetylenes is 1. The van der Waals surface area contributed by atoms with Crippen molar-refractivity contribution in [2.24, 2.45) is 0 Å². The van der Waals surface area contributed by atoms with E-state index in [4.69, 9.17) is 15.9 Å². The van der Waals surface area contributed by atoms with Gasteiger partial charge in [-0.3, -0.25) is 0 Å². The molecule has 0 N–H and O–H groups in total. The minimum atomic E-state index is -0.524. The highest BCUT2D eigenvalue weighted by atomic mass is 16.5. The summed E-state index contributed by atoms with van der Waals surface area (Å²) in [4.78, 5) is 11.5.